The third kappa shape index (κ3) is 3.52. The number of anilines is 2. The number of pyridine rings is 1. The molecule has 0 aliphatic rings. The molecule has 2 aromatic heterocycles. The lowest BCUT2D eigenvalue weighted by molar-refractivity contribution is 0.262. The average Bonchev–Trinajstić information content (AvgIpc) is 3.08. The van der Waals surface area contributed by atoms with Gasteiger partial charge >= 0.3 is 6.03 Å². The van der Waals surface area contributed by atoms with Gasteiger partial charge in [0.15, 0.2) is 0 Å². The van der Waals surface area contributed by atoms with Gasteiger partial charge in [0.2, 0.25) is 0 Å². The largest absolute Gasteiger partial charge is 0.323 e. The van der Waals surface area contributed by atoms with Crippen LogP contribution in [0.2, 0.25) is 0 Å². The van der Waals surface area contributed by atoms with E-state index in [-0.39, 0.29) is 5.82 Å². The van der Waals surface area contributed by atoms with Crippen molar-refractivity contribution in [1.29, 1.82) is 0 Å². The van der Waals surface area contributed by atoms with Gasteiger partial charge in [-0.2, -0.15) is 0 Å². The van der Waals surface area contributed by atoms with Gasteiger partial charge in [-0.05, 0) is 48.5 Å². The van der Waals surface area contributed by atoms with Crippen LogP contribution in [0.1, 0.15) is 0 Å². The van der Waals surface area contributed by atoms with Crippen LogP contribution in [0.15, 0.2) is 66.9 Å². The Kier molecular flexibility index (Phi) is 4.28. The number of benzene rings is 2. The van der Waals surface area contributed by atoms with Crippen molar-refractivity contribution < 1.29 is 9.18 Å². The molecule has 2 aromatic carbocycles. The van der Waals surface area contributed by atoms with E-state index in [4.69, 9.17) is 0 Å². The van der Waals surface area contributed by atoms with E-state index in [1.807, 2.05) is 30.3 Å². The smallest absolute Gasteiger partial charge is 0.308 e. The Hall–Kier alpha value is -3.32. The SMILES string of the molecule is O=C(Nc1ccc(F)cc1)Nc1cccc(-c2nc3cccnc3s2)c1. The highest BCUT2D eigenvalue weighted by Gasteiger charge is 2.09. The summed E-state index contributed by atoms with van der Waals surface area (Å²) < 4.78 is 12.9. The lowest BCUT2D eigenvalue weighted by Crippen LogP contribution is -2.19. The first-order valence-electron chi connectivity index (χ1n) is 7.83. The zero-order valence-electron chi connectivity index (χ0n) is 13.4. The fourth-order valence-corrected chi connectivity index (χ4v) is 3.35. The summed E-state index contributed by atoms with van der Waals surface area (Å²) in [5, 5.41) is 6.26. The number of urea groups is 1. The molecule has 2 amide bonds. The van der Waals surface area contributed by atoms with E-state index >= 15 is 0 Å². The summed E-state index contributed by atoms with van der Waals surface area (Å²) in [4.78, 5) is 21.9. The molecule has 7 heteroatoms. The number of hydrogen-bond donors (Lipinski definition) is 2. The van der Waals surface area contributed by atoms with Crippen molar-refractivity contribution in [2.45, 2.75) is 0 Å². The minimum Gasteiger partial charge on any atom is -0.308 e. The second kappa shape index (κ2) is 6.89. The van der Waals surface area contributed by atoms with Crippen molar-refractivity contribution in [2.75, 3.05) is 10.6 Å². The zero-order valence-corrected chi connectivity index (χ0v) is 14.3. The molecule has 0 saturated heterocycles. The molecular weight excluding hydrogens is 351 g/mol. The standard InChI is InChI=1S/C19H13FN4OS/c20-13-6-8-14(9-7-13)22-19(25)23-15-4-1-3-12(11-15)17-24-16-5-2-10-21-18(16)26-17/h1-11H,(H2,22,23,25). The molecule has 0 aliphatic heterocycles. The Labute approximate surface area is 152 Å². The molecule has 0 bridgehead atoms. The van der Waals surface area contributed by atoms with Gasteiger partial charge in [0.05, 0.1) is 0 Å². The maximum absolute atomic E-state index is 12.9. The number of carbonyl (C=O) groups is 1. The lowest BCUT2D eigenvalue weighted by atomic mass is 10.2. The van der Waals surface area contributed by atoms with Gasteiger partial charge in [-0.25, -0.2) is 19.2 Å². The van der Waals surface area contributed by atoms with E-state index in [1.54, 1.807) is 12.3 Å². The molecule has 2 heterocycles. The van der Waals surface area contributed by atoms with Crippen LogP contribution in [-0.4, -0.2) is 16.0 Å². The highest BCUT2D eigenvalue weighted by molar-refractivity contribution is 7.21. The minimum absolute atomic E-state index is 0.353. The topological polar surface area (TPSA) is 66.9 Å². The summed E-state index contributed by atoms with van der Waals surface area (Å²) in [5.41, 5.74) is 2.89. The van der Waals surface area contributed by atoms with Crippen LogP contribution in [0.5, 0.6) is 0 Å². The molecule has 0 saturated carbocycles. The summed E-state index contributed by atoms with van der Waals surface area (Å²) in [6.07, 6.45) is 1.74. The van der Waals surface area contributed by atoms with Crippen molar-refractivity contribution in [3.8, 4) is 10.6 Å². The van der Waals surface area contributed by atoms with E-state index in [2.05, 4.69) is 20.6 Å². The number of amides is 2. The fourth-order valence-electron chi connectivity index (χ4n) is 2.45. The molecule has 2 N–H and O–H groups in total. The molecular formula is C19H13FN4OS. The molecule has 5 nitrogen and oxygen atoms in total. The van der Waals surface area contributed by atoms with Crippen molar-refractivity contribution >= 4 is 39.1 Å². The van der Waals surface area contributed by atoms with Gasteiger partial charge in [0.1, 0.15) is 21.2 Å². The van der Waals surface area contributed by atoms with E-state index < -0.39 is 6.03 Å². The number of carbonyl (C=O) groups excluding carboxylic acids is 1. The van der Waals surface area contributed by atoms with Gasteiger partial charge in [-0.15, -0.1) is 0 Å². The molecule has 0 radical (unpaired) electrons. The molecule has 0 atom stereocenters. The Morgan fingerprint density at radius 2 is 1.77 bits per heavy atom. The first kappa shape index (κ1) is 16.2. The van der Waals surface area contributed by atoms with Crippen LogP contribution < -0.4 is 10.6 Å². The van der Waals surface area contributed by atoms with E-state index in [0.29, 0.717) is 11.4 Å². The number of rotatable bonds is 3. The predicted molar refractivity (Wildman–Crippen MR) is 102 cm³/mol. The molecule has 26 heavy (non-hydrogen) atoms. The van der Waals surface area contributed by atoms with E-state index in [1.165, 1.54) is 35.6 Å². The van der Waals surface area contributed by atoms with Crippen LogP contribution in [0.25, 0.3) is 20.9 Å². The van der Waals surface area contributed by atoms with Crippen molar-refractivity contribution in [1.82, 2.24) is 9.97 Å². The maximum atomic E-state index is 12.9. The summed E-state index contributed by atoms with van der Waals surface area (Å²) in [6.45, 7) is 0. The van der Waals surface area contributed by atoms with Crippen molar-refractivity contribution in [3.63, 3.8) is 0 Å². The van der Waals surface area contributed by atoms with E-state index in [9.17, 15) is 9.18 Å². The number of nitrogens with one attached hydrogen (secondary N) is 2. The molecule has 0 fully saturated rings. The number of halogens is 1. The van der Waals surface area contributed by atoms with Crippen LogP contribution in [-0.2, 0) is 0 Å². The number of hydrogen-bond acceptors (Lipinski definition) is 4. The molecule has 0 unspecified atom stereocenters. The highest BCUT2D eigenvalue weighted by Crippen LogP contribution is 2.30. The third-order valence-electron chi connectivity index (χ3n) is 3.64. The van der Waals surface area contributed by atoms with Crippen LogP contribution in [0, 0.1) is 5.82 Å². The minimum atomic E-state index is -0.403. The van der Waals surface area contributed by atoms with E-state index in [0.717, 1.165) is 20.9 Å². The quantitative estimate of drug-likeness (QED) is 0.529. The molecule has 4 aromatic rings. The second-order valence-electron chi connectivity index (χ2n) is 5.51. The second-order valence-corrected chi connectivity index (χ2v) is 6.49. The highest BCUT2D eigenvalue weighted by atomic mass is 32.1. The third-order valence-corrected chi connectivity index (χ3v) is 4.66. The number of thiazole rings is 1. The predicted octanol–water partition coefficient (Wildman–Crippen LogP) is 5.14. The van der Waals surface area contributed by atoms with Gasteiger partial charge in [-0.3, -0.25) is 0 Å². The fraction of sp³-hybridized carbons (Fsp3) is 0. The molecule has 128 valence electrons. The average molecular weight is 364 g/mol. The number of nitrogens with zero attached hydrogens (tertiary/aromatic N) is 2. The Morgan fingerprint density at radius 1 is 0.962 bits per heavy atom. The Bertz CT molecular complexity index is 1050. The van der Waals surface area contributed by atoms with Crippen molar-refractivity contribution in [3.05, 3.63) is 72.7 Å². The molecule has 4 rings (SSSR count). The summed E-state index contributed by atoms with van der Waals surface area (Å²) in [6, 6.07) is 16.4. The lowest BCUT2D eigenvalue weighted by Gasteiger charge is -2.08. The van der Waals surface area contributed by atoms with Gasteiger partial charge in [-0.1, -0.05) is 23.5 Å². The monoisotopic (exact) mass is 364 g/mol. The van der Waals surface area contributed by atoms with Crippen molar-refractivity contribution in [2.24, 2.45) is 0 Å². The first-order chi connectivity index (χ1) is 12.7. The summed E-state index contributed by atoms with van der Waals surface area (Å²) in [5.74, 6) is -0.353. The Morgan fingerprint density at radius 3 is 2.58 bits per heavy atom. The van der Waals surface area contributed by atoms with Crippen LogP contribution in [0.4, 0.5) is 20.6 Å². The van der Waals surface area contributed by atoms with Gasteiger partial charge in [0, 0.05) is 23.1 Å². The normalized spacial score (nSPS) is 10.7. The summed E-state index contributed by atoms with van der Waals surface area (Å²) in [7, 11) is 0. The number of fused-ring (bicyclic) bond motifs is 1. The molecule has 0 spiro atoms. The first-order valence-corrected chi connectivity index (χ1v) is 8.64. The van der Waals surface area contributed by atoms with Gasteiger partial charge in [0.25, 0.3) is 0 Å². The van der Waals surface area contributed by atoms with Gasteiger partial charge < -0.3 is 10.6 Å². The number of aromatic nitrogens is 2. The van der Waals surface area contributed by atoms with Crippen LogP contribution >= 0.6 is 11.3 Å². The summed E-state index contributed by atoms with van der Waals surface area (Å²) >= 11 is 1.50. The zero-order chi connectivity index (χ0) is 17.9. The van der Waals surface area contributed by atoms with Crippen LogP contribution in [0.3, 0.4) is 0 Å². The maximum Gasteiger partial charge on any atom is 0.323 e. The Balaban J connectivity index is 1.51. The molecule has 0 aliphatic carbocycles.